The molecule has 2 aromatic rings. The van der Waals surface area contributed by atoms with E-state index in [1.165, 1.54) is 31.4 Å². The van der Waals surface area contributed by atoms with Gasteiger partial charge in [-0.1, -0.05) is 0 Å². The van der Waals surface area contributed by atoms with Gasteiger partial charge in [-0.3, -0.25) is 9.52 Å². The Morgan fingerprint density at radius 2 is 1.95 bits per heavy atom. The topological polar surface area (TPSA) is 127 Å². The molecular weight excluding hydrogens is 284 g/mol. The van der Waals surface area contributed by atoms with Gasteiger partial charge in [0.25, 0.3) is 15.6 Å². The van der Waals surface area contributed by atoms with Gasteiger partial charge in [0.05, 0.1) is 18.3 Å². The maximum Gasteiger partial charge on any atom is 0.295 e. The van der Waals surface area contributed by atoms with Gasteiger partial charge in [-0.15, -0.1) is 0 Å². The van der Waals surface area contributed by atoms with Crippen LogP contribution >= 0.6 is 0 Å². The fourth-order valence-corrected chi connectivity index (χ4v) is 2.49. The molecule has 0 unspecified atom stereocenters. The minimum absolute atomic E-state index is 0.00386. The van der Waals surface area contributed by atoms with Crippen molar-refractivity contribution in [3.63, 3.8) is 0 Å². The molecule has 0 fully saturated rings. The Labute approximate surface area is 114 Å². The summed E-state index contributed by atoms with van der Waals surface area (Å²) in [4.78, 5) is 17.5. The smallest absolute Gasteiger partial charge is 0.295 e. The van der Waals surface area contributed by atoms with E-state index in [1.54, 1.807) is 0 Å². The molecule has 1 heterocycles. The molecule has 4 N–H and O–H groups in total. The van der Waals surface area contributed by atoms with E-state index in [1.807, 2.05) is 0 Å². The monoisotopic (exact) mass is 296 g/mol. The van der Waals surface area contributed by atoms with Crippen LogP contribution in [0.4, 0.5) is 11.5 Å². The van der Waals surface area contributed by atoms with Crippen molar-refractivity contribution in [3.8, 4) is 5.75 Å². The predicted molar refractivity (Wildman–Crippen MR) is 73.1 cm³/mol. The van der Waals surface area contributed by atoms with Crippen LogP contribution in [0.25, 0.3) is 0 Å². The fraction of sp³-hybridized carbons (Fsp3) is 0.0909. The van der Waals surface area contributed by atoms with E-state index in [0.717, 1.165) is 6.33 Å². The Morgan fingerprint density at radius 3 is 2.55 bits per heavy atom. The molecule has 2 rings (SSSR count). The molecule has 0 amide bonds. The second-order valence-corrected chi connectivity index (χ2v) is 5.47. The van der Waals surface area contributed by atoms with Crippen LogP contribution in [0, 0.1) is 0 Å². The summed E-state index contributed by atoms with van der Waals surface area (Å²) < 4.78 is 31.3. The molecule has 0 atom stereocenters. The lowest BCUT2D eigenvalue weighted by molar-refractivity contribution is 0.408. The van der Waals surface area contributed by atoms with Crippen molar-refractivity contribution in [2.24, 2.45) is 0 Å². The number of methoxy groups -OCH3 is 1. The predicted octanol–water partition coefficient (Wildman–Crippen LogP) is 0.162. The minimum atomic E-state index is -3.88. The number of rotatable bonds is 4. The quantitative estimate of drug-likeness (QED) is 0.690. The number of aromatic amines is 1. The highest BCUT2D eigenvalue weighted by molar-refractivity contribution is 7.92. The van der Waals surface area contributed by atoms with E-state index in [-0.39, 0.29) is 16.5 Å². The van der Waals surface area contributed by atoms with Crippen LogP contribution in [0.2, 0.25) is 0 Å². The first-order valence-electron chi connectivity index (χ1n) is 5.44. The molecular formula is C11H12N4O4S. The second kappa shape index (κ2) is 5.21. The Morgan fingerprint density at radius 1 is 1.30 bits per heavy atom. The number of benzene rings is 1. The van der Waals surface area contributed by atoms with Crippen LogP contribution in [0.15, 0.2) is 40.3 Å². The number of nitrogen functional groups attached to an aromatic ring is 1. The SMILES string of the molecule is COc1c(NS(=O)(=O)c2ccc(N)cc2)nc[nH]c1=O. The third-order valence-corrected chi connectivity index (χ3v) is 3.79. The van der Waals surface area contributed by atoms with Crippen LogP contribution in [-0.2, 0) is 10.0 Å². The van der Waals surface area contributed by atoms with Crippen LogP contribution in [0.3, 0.4) is 0 Å². The third kappa shape index (κ3) is 2.72. The highest BCUT2D eigenvalue weighted by Gasteiger charge is 2.18. The Hall–Kier alpha value is -2.55. The van der Waals surface area contributed by atoms with E-state index >= 15 is 0 Å². The van der Waals surface area contributed by atoms with E-state index in [2.05, 4.69) is 14.7 Å². The normalized spacial score (nSPS) is 11.1. The Kier molecular flexibility index (Phi) is 3.61. The van der Waals surface area contributed by atoms with Crippen molar-refractivity contribution in [1.82, 2.24) is 9.97 Å². The summed E-state index contributed by atoms with van der Waals surface area (Å²) >= 11 is 0. The minimum Gasteiger partial charge on any atom is -0.488 e. The number of nitrogens with two attached hydrogens (primary N) is 1. The number of aromatic nitrogens is 2. The Balaban J connectivity index is 2.41. The van der Waals surface area contributed by atoms with Gasteiger partial charge in [-0.25, -0.2) is 13.4 Å². The maximum absolute atomic E-state index is 12.1. The first-order valence-corrected chi connectivity index (χ1v) is 6.92. The zero-order chi connectivity index (χ0) is 14.8. The van der Waals surface area contributed by atoms with E-state index in [4.69, 9.17) is 10.5 Å². The average Bonchev–Trinajstić information content (AvgIpc) is 2.39. The van der Waals surface area contributed by atoms with E-state index in [0.29, 0.717) is 5.69 Å². The zero-order valence-electron chi connectivity index (χ0n) is 10.5. The number of anilines is 2. The first-order chi connectivity index (χ1) is 9.44. The number of H-pyrrole nitrogens is 1. The van der Waals surface area contributed by atoms with Crippen LogP contribution in [-0.4, -0.2) is 25.5 Å². The average molecular weight is 296 g/mol. The van der Waals surface area contributed by atoms with Gasteiger partial charge < -0.3 is 15.5 Å². The molecule has 0 saturated carbocycles. The van der Waals surface area contributed by atoms with Crippen molar-refractivity contribution < 1.29 is 13.2 Å². The van der Waals surface area contributed by atoms with Gasteiger partial charge in [0, 0.05) is 5.69 Å². The van der Waals surface area contributed by atoms with Gasteiger partial charge in [0.1, 0.15) is 0 Å². The third-order valence-electron chi connectivity index (χ3n) is 2.44. The van der Waals surface area contributed by atoms with Crippen molar-refractivity contribution >= 4 is 21.5 Å². The summed E-state index contributed by atoms with van der Waals surface area (Å²) in [6, 6.07) is 5.60. The highest BCUT2D eigenvalue weighted by Crippen LogP contribution is 2.20. The summed E-state index contributed by atoms with van der Waals surface area (Å²) in [5.74, 6) is -0.403. The standard InChI is InChI=1S/C11H12N4O4S/c1-19-9-10(13-6-14-11(9)16)15-20(17,18)8-4-2-7(12)3-5-8/h2-6H,12H2,1H3,(H2,13,14,15,16). The molecule has 106 valence electrons. The van der Waals surface area contributed by atoms with E-state index in [9.17, 15) is 13.2 Å². The molecule has 0 aliphatic rings. The lowest BCUT2D eigenvalue weighted by atomic mass is 10.3. The molecule has 0 saturated heterocycles. The number of nitrogens with one attached hydrogen (secondary N) is 2. The number of hydrogen-bond acceptors (Lipinski definition) is 6. The van der Waals surface area contributed by atoms with Gasteiger partial charge in [-0.2, -0.15) is 0 Å². The van der Waals surface area contributed by atoms with Crippen molar-refractivity contribution in [1.29, 1.82) is 0 Å². The zero-order valence-corrected chi connectivity index (χ0v) is 11.3. The molecule has 20 heavy (non-hydrogen) atoms. The summed E-state index contributed by atoms with van der Waals surface area (Å²) in [6.07, 6.45) is 1.08. The van der Waals surface area contributed by atoms with Gasteiger partial charge >= 0.3 is 0 Å². The molecule has 0 bridgehead atoms. The summed E-state index contributed by atoms with van der Waals surface area (Å²) in [7, 11) is -2.64. The fourth-order valence-electron chi connectivity index (χ4n) is 1.48. The summed E-state index contributed by atoms with van der Waals surface area (Å²) in [5, 5.41) is 0. The molecule has 9 heteroatoms. The van der Waals surface area contributed by atoms with Crippen molar-refractivity contribution in [2.45, 2.75) is 4.90 Å². The summed E-state index contributed by atoms with van der Waals surface area (Å²) in [5.41, 5.74) is 5.35. The number of nitrogens with zero attached hydrogens (tertiary/aromatic N) is 1. The van der Waals surface area contributed by atoms with Gasteiger partial charge in [0.2, 0.25) is 5.75 Å². The molecule has 8 nitrogen and oxygen atoms in total. The number of hydrogen-bond donors (Lipinski definition) is 3. The molecule has 1 aromatic carbocycles. The molecule has 0 spiro atoms. The molecule has 1 aromatic heterocycles. The number of ether oxygens (including phenoxy) is 1. The first kappa shape index (κ1) is 13.9. The molecule has 0 aliphatic carbocycles. The summed E-state index contributed by atoms with van der Waals surface area (Å²) in [6.45, 7) is 0. The van der Waals surface area contributed by atoms with Crippen LogP contribution < -0.4 is 20.8 Å². The highest BCUT2D eigenvalue weighted by atomic mass is 32.2. The van der Waals surface area contributed by atoms with Crippen molar-refractivity contribution in [3.05, 3.63) is 40.9 Å². The lowest BCUT2D eigenvalue weighted by Gasteiger charge is -2.09. The molecule has 0 aliphatic heterocycles. The lowest BCUT2D eigenvalue weighted by Crippen LogP contribution is -2.19. The van der Waals surface area contributed by atoms with Crippen molar-refractivity contribution in [2.75, 3.05) is 17.6 Å². The van der Waals surface area contributed by atoms with Gasteiger partial charge in [-0.05, 0) is 24.3 Å². The number of sulfonamides is 1. The van der Waals surface area contributed by atoms with Crippen LogP contribution in [0.1, 0.15) is 0 Å². The Bertz CT molecular complexity index is 768. The molecule has 0 radical (unpaired) electrons. The van der Waals surface area contributed by atoms with Crippen LogP contribution in [0.5, 0.6) is 5.75 Å². The maximum atomic E-state index is 12.1. The largest absolute Gasteiger partial charge is 0.488 e. The second-order valence-electron chi connectivity index (χ2n) is 3.79. The van der Waals surface area contributed by atoms with Gasteiger partial charge in [0.15, 0.2) is 5.82 Å². The van der Waals surface area contributed by atoms with E-state index < -0.39 is 15.6 Å².